The first-order valence-corrected chi connectivity index (χ1v) is 6.95. The van der Waals surface area contributed by atoms with Gasteiger partial charge in [-0.3, -0.25) is 0 Å². The van der Waals surface area contributed by atoms with Gasteiger partial charge in [-0.1, -0.05) is 0 Å². The number of nitrogen functional groups attached to an aromatic ring is 1. The monoisotopic (exact) mass is 559 g/mol. The minimum absolute atomic E-state index is 0.0165. The molecule has 5 nitrogen and oxygen atoms in total. The van der Waals surface area contributed by atoms with Crippen LogP contribution in [0.25, 0.3) is 0 Å². The normalized spacial score (nSPS) is 10.2. The maximum atomic E-state index is 11.0. The van der Waals surface area contributed by atoms with Crippen molar-refractivity contribution < 1.29 is 19.8 Å². The second-order valence-electron chi connectivity index (χ2n) is 2.72. The summed E-state index contributed by atoms with van der Waals surface area (Å²) < 4.78 is 1.06. The van der Waals surface area contributed by atoms with Crippen molar-refractivity contribution in [3.05, 3.63) is 21.8 Å². The van der Waals surface area contributed by atoms with E-state index in [9.17, 15) is 9.59 Å². The first-order chi connectivity index (χ1) is 7.29. The molecule has 0 aliphatic rings. The second-order valence-corrected chi connectivity index (χ2v) is 5.95. The highest BCUT2D eigenvalue weighted by Crippen LogP contribution is 2.33. The van der Waals surface area contributed by atoms with Crippen LogP contribution in [-0.4, -0.2) is 22.2 Å². The fourth-order valence-electron chi connectivity index (χ4n) is 1.07. The molecule has 4 N–H and O–H groups in total. The third-order valence-corrected chi connectivity index (χ3v) is 6.09. The summed E-state index contributed by atoms with van der Waals surface area (Å²) in [5, 5.41) is 18.0. The molecule has 0 heterocycles. The molecule has 1 rings (SSSR count). The Morgan fingerprint density at radius 1 is 0.875 bits per heavy atom. The van der Waals surface area contributed by atoms with E-state index in [1.165, 1.54) is 0 Å². The lowest BCUT2D eigenvalue weighted by atomic mass is 10.1. The third kappa shape index (κ3) is 2.37. The highest BCUT2D eigenvalue weighted by Gasteiger charge is 2.25. The topological polar surface area (TPSA) is 101 Å². The Bertz CT molecular complexity index is 460. The van der Waals surface area contributed by atoms with Gasteiger partial charge in [0.1, 0.15) is 0 Å². The highest BCUT2D eigenvalue weighted by molar-refractivity contribution is 14.1. The molecule has 1 aromatic carbocycles. The lowest BCUT2D eigenvalue weighted by Crippen LogP contribution is -2.15. The molecule has 16 heavy (non-hydrogen) atoms. The van der Waals surface area contributed by atoms with E-state index in [4.69, 9.17) is 15.9 Å². The summed E-state index contributed by atoms with van der Waals surface area (Å²) in [5.74, 6) is -2.38. The Balaban J connectivity index is 3.80. The van der Waals surface area contributed by atoms with Crippen LogP contribution >= 0.6 is 67.8 Å². The number of benzene rings is 1. The Kier molecular flexibility index (Phi) is 4.62. The summed E-state index contributed by atoms with van der Waals surface area (Å²) in [4.78, 5) is 22.0. The van der Waals surface area contributed by atoms with Crippen molar-refractivity contribution in [1.29, 1.82) is 0 Å². The quantitative estimate of drug-likeness (QED) is 0.294. The van der Waals surface area contributed by atoms with Crippen molar-refractivity contribution >= 4 is 85.4 Å². The molecule has 0 aliphatic heterocycles. The van der Waals surface area contributed by atoms with Gasteiger partial charge in [0, 0.05) is 7.14 Å². The first kappa shape index (κ1) is 14.2. The predicted molar refractivity (Wildman–Crippen MR) is 82.9 cm³/mol. The number of rotatable bonds is 2. The van der Waals surface area contributed by atoms with E-state index in [-0.39, 0.29) is 20.4 Å². The first-order valence-electron chi connectivity index (χ1n) is 3.71. The zero-order valence-electron chi connectivity index (χ0n) is 7.42. The Morgan fingerprint density at radius 3 is 1.69 bits per heavy atom. The van der Waals surface area contributed by atoms with Gasteiger partial charge in [-0.25, -0.2) is 9.59 Å². The maximum absolute atomic E-state index is 11.0. The van der Waals surface area contributed by atoms with Gasteiger partial charge in [0.15, 0.2) is 0 Å². The molecule has 0 radical (unpaired) electrons. The molecule has 0 bridgehead atoms. The average Bonchev–Trinajstić information content (AvgIpc) is 2.13. The summed E-state index contributed by atoms with van der Waals surface area (Å²) in [6.07, 6.45) is 0. The fourth-order valence-corrected chi connectivity index (χ4v) is 3.94. The van der Waals surface area contributed by atoms with E-state index >= 15 is 0 Å². The minimum atomic E-state index is -1.22. The second kappa shape index (κ2) is 5.20. The standard InChI is InChI=1S/C8H4I3NO4/c9-3-1(7(13)14)4(10)5(11)6(12)2(3)8(15)16/h12H2,(H,13,14)(H,15,16). The molecule has 0 atom stereocenters. The largest absolute Gasteiger partial charge is 0.478 e. The number of anilines is 1. The number of halogens is 3. The van der Waals surface area contributed by atoms with Crippen LogP contribution in [0.2, 0.25) is 0 Å². The zero-order chi connectivity index (χ0) is 12.6. The van der Waals surface area contributed by atoms with Crippen LogP contribution in [0.15, 0.2) is 0 Å². The lowest BCUT2D eigenvalue weighted by Gasteiger charge is -2.12. The molecule has 1 aromatic rings. The summed E-state index contributed by atoms with van der Waals surface area (Å²) in [5.41, 5.74) is 5.60. The average molecular weight is 559 g/mol. The molecule has 0 aliphatic carbocycles. The Labute approximate surface area is 131 Å². The highest BCUT2D eigenvalue weighted by atomic mass is 127. The number of hydrogen-bond acceptors (Lipinski definition) is 3. The van der Waals surface area contributed by atoms with Gasteiger partial charge < -0.3 is 15.9 Å². The molecular weight excluding hydrogens is 555 g/mol. The molecule has 0 unspecified atom stereocenters. The van der Waals surface area contributed by atoms with Gasteiger partial charge in [-0.2, -0.15) is 0 Å². The molecule has 0 spiro atoms. The number of carboxylic acids is 2. The predicted octanol–water partition coefficient (Wildman–Crippen LogP) is 2.48. The van der Waals surface area contributed by atoms with Crippen LogP contribution in [0.3, 0.4) is 0 Å². The molecule has 0 saturated heterocycles. The molecule has 0 saturated carbocycles. The zero-order valence-corrected chi connectivity index (χ0v) is 13.9. The van der Waals surface area contributed by atoms with Gasteiger partial charge in [0.2, 0.25) is 0 Å². The molecule has 0 fully saturated rings. The van der Waals surface area contributed by atoms with Crippen molar-refractivity contribution in [3.63, 3.8) is 0 Å². The van der Waals surface area contributed by atoms with Crippen LogP contribution in [0.5, 0.6) is 0 Å². The Morgan fingerprint density at radius 2 is 1.31 bits per heavy atom. The van der Waals surface area contributed by atoms with Crippen molar-refractivity contribution in [2.75, 3.05) is 5.73 Å². The molecule has 0 aromatic heterocycles. The molecule has 0 amide bonds. The summed E-state index contributed by atoms with van der Waals surface area (Å²) in [6.45, 7) is 0. The molecule has 86 valence electrons. The lowest BCUT2D eigenvalue weighted by molar-refractivity contribution is 0.0694. The van der Waals surface area contributed by atoms with Gasteiger partial charge >= 0.3 is 11.9 Å². The van der Waals surface area contributed by atoms with Crippen LogP contribution in [0, 0.1) is 10.7 Å². The van der Waals surface area contributed by atoms with Crippen LogP contribution in [-0.2, 0) is 0 Å². The van der Waals surface area contributed by atoms with Gasteiger partial charge in [-0.05, 0) is 67.8 Å². The SMILES string of the molecule is Nc1c(I)c(I)c(C(=O)O)c(I)c1C(=O)O. The molecular formula is C8H4I3NO4. The van der Waals surface area contributed by atoms with Crippen LogP contribution in [0.4, 0.5) is 5.69 Å². The summed E-state index contributed by atoms with van der Waals surface area (Å²) in [7, 11) is 0. The number of hydrogen-bond donors (Lipinski definition) is 3. The van der Waals surface area contributed by atoms with E-state index in [1.54, 1.807) is 22.6 Å². The number of nitrogens with two attached hydrogens (primary N) is 1. The minimum Gasteiger partial charge on any atom is -0.478 e. The van der Waals surface area contributed by atoms with Crippen molar-refractivity contribution in [2.45, 2.75) is 0 Å². The number of carbonyl (C=O) groups is 2. The third-order valence-electron chi connectivity index (χ3n) is 1.78. The van der Waals surface area contributed by atoms with E-state index < -0.39 is 11.9 Å². The van der Waals surface area contributed by atoms with Gasteiger partial charge in [-0.15, -0.1) is 0 Å². The molecule has 8 heteroatoms. The van der Waals surface area contributed by atoms with E-state index in [2.05, 4.69) is 0 Å². The number of carboxylic acid groups (broad SMARTS) is 2. The fraction of sp³-hybridized carbons (Fsp3) is 0. The van der Waals surface area contributed by atoms with Gasteiger partial charge in [0.05, 0.1) is 20.4 Å². The van der Waals surface area contributed by atoms with Crippen molar-refractivity contribution in [3.8, 4) is 0 Å². The van der Waals surface area contributed by atoms with E-state index in [0.717, 1.165) is 0 Å². The summed E-state index contributed by atoms with van der Waals surface area (Å²) in [6, 6.07) is 0. The number of aromatic carboxylic acids is 2. The summed E-state index contributed by atoms with van der Waals surface area (Å²) >= 11 is 5.38. The smallest absolute Gasteiger partial charge is 0.338 e. The van der Waals surface area contributed by atoms with Crippen LogP contribution < -0.4 is 5.73 Å². The Hall–Kier alpha value is 0.150. The van der Waals surface area contributed by atoms with Crippen molar-refractivity contribution in [1.82, 2.24) is 0 Å². The maximum Gasteiger partial charge on any atom is 0.338 e. The van der Waals surface area contributed by atoms with Gasteiger partial charge in [0.25, 0.3) is 0 Å². The van der Waals surface area contributed by atoms with Crippen LogP contribution in [0.1, 0.15) is 20.7 Å². The van der Waals surface area contributed by atoms with E-state index in [1.807, 2.05) is 45.2 Å². The van der Waals surface area contributed by atoms with Crippen molar-refractivity contribution in [2.24, 2.45) is 0 Å². The van der Waals surface area contributed by atoms with E-state index in [0.29, 0.717) is 7.14 Å².